The molecule has 0 heterocycles. The number of aliphatic imine (C=N–C) groups is 1. The summed E-state index contributed by atoms with van der Waals surface area (Å²) in [7, 11) is 0. The normalized spacial score (nSPS) is 11.0. The van der Waals surface area contributed by atoms with Crippen LogP contribution in [0, 0.1) is 10.1 Å². The zero-order chi connectivity index (χ0) is 17.5. The van der Waals surface area contributed by atoms with Crippen LogP contribution < -0.4 is 9.47 Å². The molecule has 0 atom stereocenters. The number of nitrogens with zero attached hydrogens (tertiary/aromatic N) is 2. The number of alkyl halides is 2. The summed E-state index contributed by atoms with van der Waals surface area (Å²) in [4.78, 5) is 14.3. The highest BCUT2D eigenvalue weighted by Gasteiger charge is 2.13. The summed E-state index contributed by atoms with van der Waals surface area (Å²) in [6.07, 6.45) is 1.24. The summed E-state index contributed by atoms with van der Waals surface area (Å²) in [5, 5.41) is 10.8. The summed E-state index contributed by atoms with van der Waals surface area (Å²) in [6.45, 7) is -0.645. The molecule has 0 aromatic heterocycles. The van der Waals surface area contributed by atoms with Crippen molar-refractivity contribution in [2.75, 3.05) is 6.61 Å². The van der Waals surface area contributed by atoms with E-state index in [1.807, 2.05) is 6.92 Å². The van der Waals surface area contributed by atoms with Crippen LogP contribution in [0.3, 0.4) is 0 Å². The molecule has 0 aliphatic rings. The van der Waals surface area contributed by atoms with E-state index in [-0.39, 0.29) is 17.0 Å². The van der Waals surface area contributed by atoms with Crippen molar-refractivity contribution < 1.29 is 23.2 Å². The Morgan fingerprint density at radius 3 is 2.54 bits per heavy atom. The number of nitro groups is 1. The number of hydrogen-bond acceptors (Lipinski definition) is 5. The lowest BCUT2D eigenvalue weighted by Crippen LogP contribution is -2.04. The van der Waals surface area contributed by atoms with Gasteiger partial charge in [0.15, 0.2) is 0 Å². The molecule has 0 spiro atoms. The van der Waals surface area contributed by atoms with Crippen molar-refractivity contribution in [3.8, 4) is 11.5 Å². The van der Waals surface area contributed by atoms with Gasteiger partial charge in [0.25, 0.3) is 5.69 Å². The van der Waals surface area contributed by atoms with Gasteiger partial charge in [0.2, 0.25) is 0 Å². The molecule has 0 aliphatic carbocycles. The van der Waals surface area contributed by atoms with Crippen LogP contribution >= 0.6 is 0 Å². The van der Waals surface area contributed by atoms with Crippen molar-refractivity contribution in [3.63, 3.8) is 0 Å². The predicted molar refractivity (Wildman–Crippen MR) is 84.6 cm³/mol. The molecular formula is C16H14F2N2O4. The van der Waals surface area contributed by atoms with Crippen molar-refractivity contribution in [2.45, 2.75) is 13.5 Å². The topological polar surface area (TPSA) is 74.0 Å². The van der Waals surface area contributed by atoms with Crippen LogP contribution in [0.4, 0.5) is 20.2 Å². The largest absolute Gasteiger partial charge is 0.494 e. The van der Waals surface area contributed by atoms with Crippen molar-refractivity contribution in [1.82, 2.24) is 0 Å². The molecule has 0 radical (unpaired) electrons. The van der Waals surface area contributed by atoms with Gasteiger partial charge in [-0.25, -0.2) is 0 Å². The summed E-state index contributed by atoms with van der Waals surface area (Å²) < 4.78 is 34.5. The van der Waals surface area contributed by atoms with E-state index in [9.17, 15) is 18.9 Å². The summed E-state index contributed by atoms with van der Waals surface area (Å²) in [5.41, 5.74) is 0.371. The maximum absolute atomic E-state index is 12.4. The van der Waals surface area contributed by atoms with Gasteiger partial charge in [0, 0.05) is 23.9 Å². The SMILES string of the molecule is CCOc1ccc(N=Cc2cc([N+](=O)[O-])ccc2OC(F)F)cc1. The first-order valence-corrected chi connectivity index (χ1v) is 6.99. The molecule has 0 amide bonds. The third-order valence-corrected chi connectivity index (χ3v) is 2.92. The summed E-state index contributed by atoms with van der Waals surface area (Å²) in [5.74, 6) is 0.485. The molecule has 2 aromatic carbocycles. The van der Waals surface area contributed by atoms with E-state index in [2.05, 4.69) is 9.73 Å². The Morgan fingerprint density at radius 2 is 1.96 bits per heavy atom. The second-order valence-electron chi connectivity index (χ2n) is 4.54. The fourth-order valence-electron chi connectivity index (χ4n) is 1.89. The van der Waals surface area contributed by atoms with Gasteiger partial charge in [-0.1, -0.05) is 0 Å². The molecule has 0 N–H and O–H groups in total. The molecule has 2 aromatic rings. The van der Waals surface area contributed by atoms with Crippen molar-refractivity contribution >= 4 is 17.6 Å². The van der Waals surface area contributed by atoms with Crippen LogP contribution in [0.5, 0.6) is 11.5 Å². The highest BCUT2D eigenvalue weighted by Crippen LogP contribution is 2.25. The van der Waals surface area contributed by atoms with E-state index in [0.717, 1.165) is 18.2 Å². The van der Waals surface area contributed by atoms with E-state index in [4.69, 9.17) is 4.74 Å². The van der Waals surface area contributed by atoms with E-state index < -0.39 is 11.5 Å². The zero-order valence-electron chi connectivity index (χ0n) is 12.7. The molecule has 8 heteroatoms. The maximum Gasteiger partial charge on any atom is 0.387 e. The van der Waals surface area contributed by atoms with Crippen LogP contribution in [0.25, 0.3) is 0 Å². The van der Waals surface area contributed by atoms with E-state index >= 15 is 0 Å². The number of hydrogen-bond donors (Lipinski definition) is 0. The Labute approximate surface area is 136 Å². The first-order valence-electron chi connectivity index (χ1n) is 6.99. The number of halogens is 2. The highest BCUT2D eigenvalue weighted by molar-refractivity contribution is 5.86. The average molecular weight is 336 g/mol. The molecule has 0 aliphatic heterocycles. The van der Waals surface area contributed by atoms with Gasteiger partial charge >= 0.3 is 6.61 Å². The van der Waals surface area contributed by atoms with Crippen LogP contribution in [-0.4, -0.2) is 24.4 Å². The number of non-ortho nitro benzene ring substituents is 1. The third kappa shape index (κ3) is 4.73. The molecule has 24 heavy (non-hydrogen) atoms. The Balaban J connectivity index is 2.27. The van der Waals surface area contributed by atoms with Gasteiger partial charge in [-0.05, 0) is 37.3 Å². The average Bonchev–Trinajstić information content (AvgIpc) is 2.55. The molecule has 6 nitrogen and oxygen atoms in total. The van der Waals surface area contributed by atoms with Gasteiger partial charge in [-0.2, -0.15) is 8.78 Å². The van der Waals surface area contributed by atoms with Gasteiger partial charge in [-0.15, -0.1) is 0 Å². The minimum atomic E-state index is -3.04. The Bertz CT molecular complexity index is 733. The fourth-order valence-corrected chi connectivity index (χ4v) is 1.89. The lowest BCUT2D eigenvalue weighted by Gasteiger charge is -2.07. The fraction of sp³-hybridized carbons (Fsp3) is 0.188. The Hall–Kier alpha value is -3.03. The lowest BCUT2D eigenvalue weighted by atomic mass is 10.2. The number of rotatable bonds is 7. The van der Waals surface area contributed by atoms with E-state index in [0.29, 0.717) is 18.0 Å². The monoisotopic (exact) mass is 336 g/mol. The molecule has 0 bridgehead atoms. The lowest BCUT2D eigenvalue weighted by molar-refractivity contribution is -0.384. The molecule has 2 rings (SSSR count). The molecule has 0 saturated heterocycles. The quantitative estimate of drug-likeness (QED) is 0.428. The standard InChI is InChI=1S/C16H14F2N2O4/c1-2-23-14-6-3-12(4-7-14)19-10-11-9-13(20(21)22)5-8-15(11)24-16(17)18/h3-10,16H,2H2,1H3. The Morgan fingerprint density at radius 1 is 1.25 bits per heavy atom. The predicted octanol–water partition coefficient (Wildman–Crippen LogP) is 4.35. The number of ether oxygens (including phenoxy) is 2. The third-order valence-electron chi connectivity index (χ3n) is 2.92. The summed E-state index contributed by atoms with van der Waals surface area (Å²) in [6, 6.07) is 10.1. The van der Waals surface area contributed by atoms with Crippen LogP contribution in [0.15, 0.2) is 47.5 Å². The number of benzene rings is 2. The zero-order valence-corrected chi connectivity index (χ0v) is 12.7. The molecule has 126 valence electrons. The second kappa shape index (κ2) is 8.00. The van der Waals surface area contributed by atoms with Crippen LogP contribution in [-0.2, 0) is 0 Å². The maximum atomic E-state index is 12.4. The molecule has 0 fully saturated rings. The smallest absolute Gasteiger partial charge is 0.387 e. The van der Waals surface area contributed by atoms with Crippen molar-refractivity contribution in [2.24, 2.45) is 4.99 Å². The van der Waals surface area contributed by atoms with Crippen molar-refractivity contribution in [3.05, 3.63) is 58.1 Å². The van der Waals surface area contributed by atoms with Crippen LogP contribution in [0.1, 0.15) is 12.5 Å². The first-order chi connectivity index (χ1) is 11.5. The second-order valence-corrected chi connectivity index (χ2v) is 4.54. The van der Waals surface area contributed by atoms with Gasteiger partial charge in [0.1, 0.15) is 11.5 Å². The van der Waals surface area contributed by atoms with E-state index in [1.165, 1.54) is 6.21 Å². The summed E-state index contributed by atoms with van der Waals surface area (Å²) >= 11 is 0. The van der Waals surface area contributed by atoms with Crippen LogP contribution in [0.2, 0.25) is 0 Å². The Kier molecular flexibility index (Phi) is 5.78. The van der Waals surface area contributed by atoms with Gasteiger partial charge in [-0.3, -0.25) is 15.1 Å². The van der Waals surface area contributed by atoms with Gasteiger partial charge in [0.05, 0.1) is 17.2 Å². The molecule has 0 unspecified atom stereocenters. The van der Waals surface area contributed by atoms with Crippen molar-refractivity contribution in [1.29, 1.82) is 0 Å². The first kappa shape index (κ1) is 17.3. The van der Waals surface area contributed by atoms with Gasteiger partial charge < -0.3 is 9.47 Å². The highest BCUT2D eigenvalue weighted by atomic mass is 19.3. The minimum absolute atomic E-state index is 0.0818. The van der Waals surface area contributed by atoms with E-state index in [1.54, 1.807) is 24.3 Å². The molecule has 0 saturated carbocycles. The molecular weight excluding hydrogens is 322 g/mol. The minimum Gasteiger partial charge on any atom is -0.494 e. The number of nitro benzene ring substituents is 1.